The van der Waals surface area contributed by atoms with Gasteiger partial charge >= 0.3 is 0 Å². The first kappa shape index (κ1) is 14.5. The van der Waals surface area contributed by atoms with Crippen LogP contribution in [0.25, 0.3) is 0 Å². The topological polar surface area (TPSA) is 55.6 Å². The Hall–Kier alpha value is -0.610. The van der Waals surface area contributed by atoms with E-state index in [1.807, 2.05) is 18.9 Å². The second-order valence-corrected chi connectivity index (χ2v) is 6.06. The number of ether oxygens (including phenoxy) is 1. The summed E-state index contributed by atoms with van der Waals surface area (Å²) in [5.41, 5.74) is 5.50. The lowest BCUT2D eigenvalue weighted by atomic mass is 9.55. The van der Waals surface area contributed by atoms with E-state index in [1.165, 1.54) is 0 Å². The van der Waals surface area contributed by atoms with Crippen LogP contribution in [-0.4, -0.2) is 42.6 Å². The third-order valence-electron chi connectivity index (χ3n) is 4.59. The number of carbonyl (C=O) groups is 1. The van der Waals surface area contributed by atoms with E-state index in [-0.39, 0.29) is 29.0 Å². The number of amides is 1. The predicted molar refractivity (Wildman–Crippen MR) is 68.6 cm³/mol. The number of hydrogen-bond acceptors (Lipinski definition) is 3. The second kappa shape index (κ2) is 4.58. The SMILES string of the molecule is COC1(C)CC(N(C)C(=O)CC(C)N)C1(C)C. The van der Waals surface area contributed by atoms with E-state index in [0.29, 0.717) is 6.42 Å². The number of nitrogens with two attached hydrogens (primary N) is 1. The summed E-state index contributed by atoms with van der Waals surface area (Å²) in [5, 5.41) is 0. The van der Waals surface area contributed by atoms with Crippen LogP contribution in [0, 0.1) is 5.41 Å². The number of nitrogens with zero attached hydrogens (tertiary/aromatic N) is 1. The fourth-order valence-corrected chi connectivity index (χ4v) is 2.67. The fourth-order valence-electron chi connectivity index (χ4n) is 2.67. The monoisotopic (exact) mass is 242 g/mol. The highest BCUT2D eigenvalue weighted by molar-refractivity contribution is 5.77. The maximum atomic E-state index is 12.0. The van der Waals surface area contributed by atoms with Crippen molar-refractivity contribution < 1.29 is 9.53 Å². The third-order valence-corrected chi connectivity index (χ3v) is 4.59. The minimum atomic E-state index is -0.138. The van der Waals surface area contributed by atoms with Gasteiger partial charge in [0.2, 0.25) is 5.91 Å². The van der Waals surface area contributed by atoms with Gasteiger partial charge < -0.3 is 15.4 Å². The lowest BCUT2D eigenvalue weighted by molar-refractivity contribution is -0.207. The lowest BCUT2D eigenvalue weighted by Crippen LogP contribution is -2.68. The van der Waals surface area contributed by atoms with Crippen molar-refractivity contribution in [2.24, 2.45) is 11.1 Å². The van der Waals surface area contributed by atoms with Gasteiger partial charge in [0.25, 0.3) is 0 Å². The molecule has 2 N–H and O–H groups in total. The molecule has 0 heterocycles. The summed E-state index contributed by atoms with van der Waals surface area (Å²) < 4.78 is 5.57. The summed E-state index contributed by atoms with van der Waals surface area (Å²) in [6, 6.07) is 0.153. The van der Waals surface area contributed by atoms with E-state index in [4.69, 9.17) is 10.5 Å². The van der Waals surface area contributed by atoms with Crippen LogP contribution in [0.1, 0.15) is 40.5 Å². The first-order chi connectivity index (χ1) is 7.65. The van der Waals surface area contributed by atoms with Gasteiger partial charge in [-0.3, -0.25) is 4.79 Å². The molecule has 17 heavy (non-hydrogen) atoms. The van der Waals surface area contributed by atoms with Crippen molar-refractivity contribution in [3.63, 3.8) is 0 Å². The molecule has 0 radical (unpaired) electrons. The van der Waals surface area contributed by atoms with Crippen molar-refractivity contribution in [1.82, 2.24) is 4.90 Å². The molecule has 0 spiro atoms. The summed E-state index contributed by atoms with van der Waals surface area (Å²) in [4.78, 5) is 13.8. The molecule has 100 valence electrons. The summed E-state index contributed by atoms with van der Waals surface area (Å²) in [5.74, 6) is 0.122. The Morgan fingerprint density at radius 2 is 2.06 bits per heavy atom. The number of rotatable bonds is 4. The summed E-state index contributed by atoms with van der Waals surface area (Å²) >= 11 is 0. The largest absolute Gasteiger partial charge is 0.378 e. The molecular formula is C13H26N2O2. The molecule has 0 aromatic heterocycles. The van der Waals surface area contributed by atoms with Crippen molar-refractivity contribution in [2.75, 3.05) is 14.2 Å². The minimum absolute atomic E-state index is 0.0238. The van der Waals surface area contributed by atoms with Crippen LogP contribution in [0.3, 0.4) is 0 Å². The van der Waals surface area contributed by atoms with Gasteiger partial charge in [0.05, 0.1) is 5.60 Å². The zero-order chi connectivity index (χ0) is 13.4. The zero-order valence-electron chi connectivity index (χ0n) is 11.9. The van der Waals surface area contributed by atoms with Gasteiger partial charge in [0.1, 0.15) is 0 Å². The first-order valence-electron chi connectivity index (χ1n) is 6.22. The van der Waals surface area contributed by atoms with Crippen LogP contribution in [0.5, 0.6) is 0 Å². The van der Waals surface area contributed by atoms with Gasteiger partial charge in [-0.2, -0.15) is 0 Å². The summed E-state index contributed by atoms with van der Waals surface area (Å²) in [7, 11) is 3.61. The molecule has 0 saturated heterocycles. The summed E-state index contributed by atoms with van der Waals surface area (Å²) in [6.45, 7) is 8.27. The van der Waals surface area contributed by atoms with Gasteiger partial charge in [-0.25, -0.2) is 0 Å². The molecule has 0 aliphatic heterocycles. The maximum absolute atomic E-state index is 12.0. The average Bonchev–Trinajstić information content (AvgIpc) is 2.23. The molecule has 0 aromatic rings. The average molecular weight is 242 g/mol. The van der Waals surface area contributed by atoms with Gasteiger partial charge in [-0.05, 0) is 20.3 Å². The van der Waals surface area contributed by atoms with Crippen LogP contribution in [0.4, 0.5) is 0 Å². The Morgan fingerprint density at radius 1 is 1.53 bits per heavy atom. The van der Waals surface area contributed by atoms with E-state index >= 15 is 0 Å². The first-order valence-corrected chi connectivity index (χ1v) is 6.22. The summed E-state index contributed by atoms with van der Waals surface area (Å²) in [6.07, 6.45) is 1.30. The molecule has 4 heteroatoms. The van der Waals surface area contributed by atoms with Gasteiger partial charge in [-0.1, -0.05) is 13.8 Å². The molecule has 1 saturated carbocycles. The predicted octanol–water partition coefficient (Wildman–Crippen LogP) is 1.39. The molecule has 3 unspecified atom stereocenters. The molecular weight excluding hydrogens is 216 g/mol. The number of methoxy groups -OCH3 is 1. The van der Waals surface area contributed by atoms with Crippen molar-refractivity contribution in [3.8, 4) is 0 Å². The van der Waals surface area contributed by atoms with E-state index in [1.54, 1.807) is 7.11 Å². The zero-order valence-corrected chi connectivity index (χ0v) is 11.9. The van der Waals surface area contributed by atoms with E-state index in [2.05, 4.69) is 20.8 Å². The Morgan fingerprint density at radius 3 is 2.41 bits per heavy atom. The molecule has 4 nitrogen and oxygen atoms in total. The van der Waals surface area contributed by atoms with Crippen molar-refractivity contribution in [2.45, 2.75) is 58.2 Å². The number of carbonyl (C=O) groups excluding carboxylic acids is 1. The smallest absolute Gasteiger partial charge is 0.224 e. The Bertz CT molecular complexity index is 302. The molecule has 1 aliphatic rings. The lowest BCUT2D eigenvalue weighted by Gasteiger charge is -2.61. The van der Waals surface area contributed by atoms with Crippen molar-refractivity contribution in [1.29, 1.82) is 0 Å². The molecule has 1 fully saturated rings. The van der Waals surface area contributed by atoms with Crippen molar-refractivity contribution >= 4 is 5.91 Å². The van der Waals surface area contributed by atoms with Crippen LogP contribution < -0.4 is 5.73 Å². The molecule has 3 atom stereocenters. The Labute approximate surface area is 104 Å². The van der Waals surface area contributed by atoms with Crippen LogP contribution in [0.15, 0.2) is 0 Å². The van der Waals surface area contributed by atoms with E-state index < -0.39 is 0 Å². The highest BCUT2D eigenvalue weighted by atomic mass is 16.5. The highest BCUT2D eigenvalue weighted by Crippen LogP contribution is 2.53. The van der Waals surface area contributed by atoms with E-state index in [0.717, 1.165) is 6.42 Å². The third kappa shape index (κ3) is 2.33. The standard InChI is InChI=1S/C13H26N2O2/c1-9(14)7-11(16)15(5)10-8-13(4,17-6)12(10,2)3/h9-10H,7-8,14H2,1-6H3. The van der Waals surface area contributed by atoms with E-state index in [9.17, 15) is 4.79 Å². The normalized spacial score (nSPS) is 32.8. The Balaban J connectivity index is 2.68. The van der Waals surface area contributed by atoms with Crippen LogP contribution in [-0.2, 0) is 9.53 Å². The molecule has 1 rings (SSSR count). The second-order valence-electron chi connectivity index (χ2n) is 6.06. The van der Waals surface area contributed by atoms with Crippen molar-refractivity contribution in [3.05, 3.63) is 0 Å². The maximum Gasteiger partial charge on any atom is 0.224 e. The molecule has 1 amide bonds. The minimum Gasteiger partial charge on any atom is -0.378 e. The van der Waals surface area contributed by atoms with Gasteiger partial charge in [0.15, 0.2) is 0 Å². The quantitative estimate of drug-likeness (QED) is 0.810. The highest BCUT2D eigenvalue weighted by Gasteiger charge is 2.59. The fraction of sp³-hybridized carbons (Fsp3) is 0.923. The van der Waals surface area contributed by atoms with Crippen LogP contribution >= 0.6 is 0 Å². The molecule has 0 aromatic carbocycles. The number of hydrogen-bond donors (Lipinski definition) is 1. The Kier molecular flexibility index (Phi) is 3.89. The molecule has 0 bridgehead atoms. The molecule has 1 aliphatic carbocycles. The van der Waals surface area contributed by atoms with Gasteiger partial charge in [0, 0.05) is 38.1 Å². The van der Waals surface area contributed by atoms with Gasteiger partial charge in [-0.15, -0.1) is 0 Å². The van der Waals surface area contributed by atoms with Crippen LogP contribution in [0.2, 0.25) is 0 Å².